The van der Waals surface area contributed by atoms with Crippen LogP contribution in [0.5, 0.6) is 0 Å². The van der Waals surface area contributed by atoms with Crippen molar-refractivity contribution < 1.29 is 24.5 Å². The van der Waals surface area contributed by atoms with Crippen molar-refractivity contribution in [2.24, 2.45) is 5.92 Å². The van der Waals surface area contributed by atoms with Gasteiger partial charge in [0.25, 0.3) is 0 Å². The molecule has 2 aliphatic heterocycles. The maximum atomic E-state index is 11.5. The van der Waals surface area contributed by atoms with Crippen molar-refractivity contribution in [3.8, 4) is 0 Å². The molecule has 8 heteroatoms. The molecule has 0 spiro atoms. The summed E-state index contributed by atoms with van der Waals surface area (Å²) in [5.41, 5.74) is 0. The van der Waals surface area contributed by atoms with Crippen molar-refractivity contribution in [2.75, 3.05) is 20.3 Å². The van der Waals surface area contributed by atoms with Crippen LogP contribution in [0.4, 0.5) is 0 Å². The van der Waals surface area contributed by atoms with Crippen LogP contribution >= 0.6 is 12.2 Å². The van der Waals surface area contributed by atoms with E-state index in [1.54, 1.807) is 11.8 Å². The number of methoxy groups -OCH3 is 1. The first kappa shape index (κ1) is 14.6. The van der Waals surface area contributed by atoms with Crippen molar-refractivity contribution in [3.05, 3.63) is 0 Å². The highest BCUT2D eigenvalue weighted by Gasteiger charge is 2.47. The smallest absolute Gasteiger partial charge is 0.230 e. The van der Waals surface area contributed by atoms with E-state index >= 15 is 0 Å². The average Bonchev–Trinajstić information content (AvgIpc) is 2.63. The van der Waals surface area contributed by atoms with Gasteiger partial charge in [-0.25, -0.2) is 0 Å². The second-order valence-corrected chi connectivity index (χ2v) is 5.24. The van der Waals surface area contributed by atoms with E-state index in [2.05, 4.69) is 5.32 Å². The number of thiocarbonyl (C=S) groups is 1. The second-order valence-electron chi connectivity index (χ2n) is 4.85. The molecule has 0 saturated carbocycles. The molecule has 3 N–H and O–H groups in total. The Labute approximate surface area is 116 Å². The topological polar surface area (TPSA) is 91.3 Å². The molecule has 0 bridgehead atoms. The van der Waals surface area contributed by atoms with Gasteiger partial charge in [-0.05, 0) is 12.2 Å². The molecule has 0 aromatic heterocycles. The van der Waals surface area contributed by atoms with Crippen LogP contribution in [-0.2, 0) is 14.3 Å². The molecule has 5 atom stereocenters. The van der Waals surface area contributed by atoms with Crippen LogP contribution < -0.4 is 5.32 Å². The van der Waals surface area contributed by atoms with Crippen molar-refractivity contribution in [1.82, 2.24) is 10.2 Å². The lowest BCUT2D eigenvalue weighted by Gasteiger charge is -2.37. The highest BCUT2D eigenvalue weighted by molar-refractivity contribution is 7.80. The standard InChI is InChI=1S/C11H18N2O5S/c1-5-3-13(11(19)12-9(5)16)10-8(15)7(14)6(18-10)4-17-2/h5-8,10,14-15H,3-4H2,1-2H3,(H,12,16,19)/t5?,6-,7?,8?,10-/m1/s1. The number of aliphatic hydroxyl groups is 2. The molecule has 0 radical (unpaired) electrons. The number of ether oxygens (including phenoxy) is 2. The number of nitrogens with zero attached hydrogens (tertiary/aromatic N) is 1. The molecule has 7 nitrogen and oxygen atoms in total. The quantitative estimate of drug-likeness (QED) is 0.541. The van der Waals surface area contributed by atoms with Gasteiger partial charge in [-0.2, -0.15) is 0 Å². The summed E-state index contributed by atoms with van der Waals surface area (Å²) in [7, 11) is 1.49. The van der Waals surface area contributed by atoms with Crippen molar-refractivity contribution in [3.63, 3.8) is 0 Å². The molecule has 108 valence electrons. The number of carbonyl (C=O) groups is 1. The maximum absolute atomic E-state index is 11.5. The third-order valence-corrected chi connectivity index (χ3v) is 3.72. The Kier molecular flexibility index (Phi) is 4.36. The number of rotatable bonds is 3. The Bertz CT molecular complexity index is 380. The van der Waals surface area contributed by atoms with E-state index in [9.17, 15) is 15.0 Å². The molecule has 2 rings (SSSR count). The molecule has 1 amide bonds. The van der Waals surface area contributed by atoms with Crippen LogP contribution in [0.1, 0.15) is 6.92 Å². The van der Waals surface area contributed by atoms with E-state index in [0.29, 0.717) is 6.54 Å². The number of hydrogen-bond donors (Lipinski definition) is 3. The van der Waals surface area contributed by atoms with Gasteiger partial charge >= 0.3 is 0 Å². The lowest BCUT2D eigenvalue weighted by molar-refractivity contribution is -0.128. The highest BCUT2D eigenvalue weighted by Crippen LogP contribution is 2.26. The summed E-state index contributed by atoms with van der Waals surface area (Å²) >= 11 is 5.08. The summed E-state index contributed by atoms with van der Waals surface area (Å²) in [5.74, 6) is -0.413. The van der Waals surface area contributed by atoms with Crippen LogP contribution in [-0.4, -0.2) is 70.9 Å². The van der Waals surface area contributed by atoms with E-state index in [0.717, 1.165) is 0 Å². The van der Waals surface area contributed by atoms with E-state index in [1.165, 1.54) is 7.11 Å². The first-order valence-electron chi connectivity index (χ1n) is 6.07. The fourth-order valence-corrected chi connectivity index (χ4v) is 2.55. The van der Waals surface area contributed by atoms with Gasteiger partial charge < -0.3 is 29.9 Å². The predicted octanol–water partition coefficient (Wildman–Crippen LogP) is -1.57. The second kappa shape index (κ2) is 5.68. The molecule has 2 aliphatic rings. The van der Waals surface area contributed by atoms with Gasteiger partial charge in [0.1, 0.15) is 18.3 Å². The van der Waals surface area contributed by atoms with E-state index in [-0.39, 0.29) is 23.5 Å². The summed E-state index contributed by atoms with van der Waals surface area (Å²) in [6, 6.07) is 0. The molecule has 0 aliphatic carbocycles. The van der Waals surface area contributed by atoms with Crippen molar-refractivity contribution in [1.29, 1.82) is 0 Å². The zero-order valence-corrected chi connectivity index (χ0v) is 11.6. The number of aliphatic hydroxyl groups excluding tert-OH is 2. The molecule has 2 saturated heterocycles. The van der Waals surface area contributed by atoms with Gasteiger partial charge in [0.05, 0.1) is 12.5 Å². The lowest BCUT2D eigenvalue weighted by Crippen LogP contribution is -2.59. The van der Waals surface area contributed by atoms with Crippen LogP contribution in [0.15, 0.2) is 0 Å². The Morgan fingerprint density at radius 2 is 2.21 bits per heavy atom. The van der Waals surface area contributed by atoms with Gasteiger partial charge in [-0.1, -0.05) is 6.92 Å². The molecule has 2 heterocycles. The van der Waals surface area contributed by atoms with Crippen LogP contribution in [0.3, 0.4) is 0 Å². The van der Waals surface area contributed by atoms with Crippen molar-refractivity contribution >= 4 is 23.2 Å². The summed E-state index contributed by atoms with van der Waals surface area (Å²) < 4.78 is 10.5. The van der Waals surface area contributed by atoms with Gasteiger partial charge in [-0.3, -0.25) is 4.79 Å². The normalized spacial score (nSPS) is 39.6. The fourth-order valence-electron chi connectivity index (χ4n) is 2.27. The van der Waals surface area contributed by atoms with Gasteiger partial charge in [0.2, 0.25) is 5.91 Å². The predicted molar refractivity (Wildman–Crippen MR) is 69.2 cm³/mol. The Morgan fingerprint density at radius 1 is 1.53 bits per heavy atom. The highest BCUT2D eigenvalue weighted by atomic mass is 32.1. The van der Waals surface area contributed by atoms with Crippen LogP contribution in [0.2, 0.25) is 0 Å². The minimum Gasteiger partial charge on any atom is -0.387 e. The number of nitrogens with one attached hydrogen (secondary N) is 1. The number of amides is 1. The monoisotopic (exact) mass is 290 g/mol. The number of hydrogen-bond acceptors (Lipinski definition) is 6. The van der Waals surface area contributed by atoms with E-state index < -0.39 is 24.5 Å². The minimum absolute atomic E-state index is 0.150. The molecule has 2 fully saturated rings. The van der Waals surface area contributed by atoms with E-state index in [1.807, 2.05) is 0 Å². The number of carbonyl (C=O) groups excluding carboxylic acids is 1. The van der Waals surface area contributed by atoms with Crippen LogP contribution in [0, 0.1) is 5.92 Å². The lowest BCUT2D eigenvalue weighted by atomic mass is 10.1. The third-order valence-electron chi connectivity index (χ3n) is 3.38. The Hall–Kier alpha value is -0.800. The summed E-state index contributed by atoms with van der Waals surface area (Å²) in [6.45, 7) is 2.28. The molecule has 0 aromatic carbocycles. The summed E-state index contributed by atoms with van der Waals surface area (Å²) in [4.78, 5) is 13.1. The maximum Gasteiger partial charge on any atom is 0.230 e. The van der Waals surface area contributed by atoms with E-state index in [4.69, 9.17) is 21.7 Å². The molecular weight excluding hydrogens is 272 g/mol. The summed E-state index contributed by atoms with van der Waals surface area (Å²) in [5, 5.41) is 22.7. The molecule has 19 heavy (non-hydrogen) atoms. The SMILES string of the molecule is COC[C@H]1O[C@@H](N2CC(C)C(=O)NC2=S)C(O)C1O. The first-order chi connectivity index (χ1) is 8.95. The zero-order chi connectivity index (χ0) is 14.2. The minimum atomic E-state index is -1.10. The summed E-state index contributed by atoms with van der Waals surface area (Å²) in [6.07, 6.45) is -3.52. The van der Waals surface area contributed by atoms with Gasteiger partial charge in [-0.15, -0.1) is 0 Å². The van der Waals surface area contributed by atoms with Crippen LogP contribution in [0.25, 0.3) is 0 Å². The average molecular weight is 290 g/mol. The third kappa shape index (κ3) is 2.72. The first-order valence-corrected chi connectivity index (χ1v) is 6.48. The Balaban J connectivity index is 2.09. The van der Waals surface area contributed by atoms with Gasteiger partial charge in [0.15, 0.2) is 11.3 Å². The molecule has 0 aromatic rings. The largest absolute Gasteiger partial charge is 0.387 e. The molecular formula is C11H18N2O5S. The zero-order valence-electron chi connectivity index (χ0n) is 10.8. The van der Waals surface area contributed by atoms with Crippen molar-refractivity contribution in [2.45, 2.75) is 31.5 Å². The Morgan fingerprint density at radius 3 is 2.84 bits per heavy atom. The van der Waals surface area contributed by atoms with Gasteiger partial charge in [0, 0.05) is 13.7 Å². The fraction of sp³-hybridized carbons (Fsp3) is 0.818. The molecule has 3 unspecified atom stereocenters.